The lowest BCUT2D eigenvalue weighted by molar-refractivity contribution is -0.193. The normalized spacial score (nSPS) is 13.0. The summed E-state index contributed by atoms with van der Waals surface area (Å²) in [4.78, 5) is 40.7. The minimum Gasteiger partial charge on any atom is -0.493 e. The van der Waals surface area contributed by atoms with Crippen LogP contribution in [0.4, 0.5) is 51.0 Å². The summed E-state index contributed by atoms with van der Waals surface area (Å²) in [7, 11) is -0.0359. The second-order valence-corrected chi connectivity index (χ2v) is 14.3. The highest BCUT2D eigenvalue weighted by Crippen LogP contribution is 2.37. The van der Waals surface area contributed by atoms with E-state index in [1.54, 1.807) is 38.7 Å². The van der Waals surface area contributed by atoms with Crippen LogP contribution < -0.4 is 19.3 Å². The number of rotatable bonds is 7. The molecule has 3 aromatic carbocycles. The van der Waals surface area contributed by atoms with Gasteiger partial charge in [-0.1, -0.05) is 12.1 Å². The number of carbonyl (C=O) groups is 3. The second-order valence-electron chi connectivity index (χ2n) is 12.3. The number of ether oxygens (including phenoxy) is 2. The van der Waals surface area contributed by atoms with Crippen LogP contribution in [0.3, 0.4) is 0 Å². The number of carboxylic acid groups (broad SMARTS) is 3. The van der Waals surface area contributed by atoms with E-state index in [2.05, 4.69) is 36.0 Å². The molecule has 3 heterocycles. The van der Waals surface area contributed by atoms with Gasteiger partial charge in [-0.2, -0.15) is 44.6 Å². The topological polar surface area (TPSA) is 225 Å². The number of aromatic nitrogens is 4. The average Bonchev–Trinajstić information content (AvgIpc) is 3.70. The monoisotopic (exact) mass is 912 g/mol. The number of carboxylic acids is 3. The largest absolute Gasteiger partial charge is 0.493 e. The van der Waals surface area contributed by atoms with E-state index in [-0.39, 0.29) is 0 Å². The molecule has 26 heteroatoms. The van der Waals surface area contributed by atoms with Gasteiger partial charge in [-0.25, -0.2) is 32.8 Å². The first-order valence-electron chi connectivity index (χ1n) is 16.9. The van der Waals surface area contributed by atoms with Crippen LogP contribution in [0.25, 0.3) is 33.3 Å². The number of fused-ring (bicyclic) bond motifs is 1. The summed E-state index contributed by atoms with van der Waals surface area (Å²) >= 11 is 0. The van der Waals surface area contributed by atoms with Crippen LogP contribution in [0, 0.1) is 0 Å². The fourth-order valence-electron chi connectivity index (χ4n) is 5.26. The third kappa shape index (κ3) is 13.6. The molecule has 0 unspecified atom stereocenters. The maximum Gasteiger partial charge on any atom is 0.490 e. The van der Waals surface area contributed by atoms with Gasteiger partial charge < -0.3 is 34.6 Å². The van der Waals surface area contributed by atoms with E-state index in [1.807, 2.05) is 42.6 Å². The summed E-state index contributed by atoms with van der Waals surface area (Å²) in [5.74, 6) is -6.11. The Balaban J connectivity index is 0.000000403. The van der Waals surface area contributed by atoms with Crippen molar-refractivity contribution >= 4 is 50.2 Å². The lowest BCUT2D eigenvalue weighted by Crippen LogP contribution is -2.47. The number of aromatic amines is 1. The number of alkyl halides is 9. The molecule has 6 rings (SSSR count). The molecule has 2 aromatic heterocycles. The smallest absolute Gasteiger partial charge is 0.490 e. The van der Waals surface area contributed by atoms with Gasteiger partial charge in [-0.3, -0.25) is 5.10 Å². The summed E-state index contributed by atoms with van der Waals surface area (Å²) in [6.45, 7) is 2.96. The Morgan fingerprint density at radius 3 is 1.71 bits per heavy atom. The molecule has 0 spiro atoms. The fourth-order valence-corrected chi connectivity index (χ4v) is 5.92. The van der Waals surface area contributed by atoms with Gasteiger partial charge >= 0.3 is 36.4 Å². The molecule has 0 bridgehead atoms. The molecule has 16 nitrogen and oxygen atoms in total. The highest BCUT2D eigenvalue weighted by Gasteiger charge is 2.39. The number of methoxy groups -OCH3 is 2. The molecular weight excluding hydrogens is 879 g/mol. The molecule has 1 aliphatic heterocycles. The molecule has 0 saturated carbocycles. The van der Waals surface area contributed by atoms with Gasteiger partial charge in [0.15, 0.2) is 21.3 Å². The zero-order valence-corrected chi connectivity index (χ0v) is 32.8. The molecule has 0 atom stereocenters. The van der Waals surface area contributed by atoms with Gasteiger partial charge in [0, 0.05) is 60.8 Å². The number of hydrogen-bond acceptors (Lipinski definition) is 12. The van der Waals surface area contributed by atoms with Crippen LogP contribution in [0.15, 0.2) is 78.1 Å². The van der Waals surface area contributed by atoms with Crippen molar-refractivity contribution in [3.63, 3.8) is 0 Å². The Morgan fingerprint density at radius 2 is 1.21 bits per heavy atom. The number of hydrogen-bond donors (Lipinski definition) is 4. The van der Waals surface area contributed by atoms with Crippen LogP contribution in [0.1, 0.15) is 0 Å². The second kappa shape index (κ2) is 20.1. The first kappa shape index (κ1) is 49.5. The first-order valence-corrected chi connectivity index (χ1v) is 18.8. The molecule has 62 heavy (non-hydrogen) atoms. The van der Waals surface area contributed by atoms with Crippen molar-refractivity contribution in [1.82, 2.24) is 20.2 Å². The highest BCUT2D eigenvalue weighted by molar-refractivity contribution is 7.90. The van der Waals surface area contributed by atoms with Gasteiger partial charge in [-0.05, 0) is 54.1 Å². The zero-order chi connectivity index (χ0) is 46.8. The molecule has 1 saturated heterocycles. The van der Waals surface area contributed by atoms with E-state index < -0.39 is 46.3 Å². The maximum atomic E-state index is 12.0. The summed E-state index contributed by atoms with van der Waals surface area (Å²) < 4.78 is 130. The molecule has 1 fully saturated rings. The highest BCUT2D eigenvalue weighted by atomic mass is 32.2. The van der Waals surface area contributed by atoms with E-state index >= 15 is 0 Å². The minimum atomic E-state index is -5.08. The average molecular weight is 913 g/mol. The van der Waals surface area contributed by atoms with Crippen molar-refractivity contribution in [2.45, 2.75) is 23.4 Å². The van der Waals surface area contributed by atoms with Crippen molar-refractivity contribution in [2.24, 2.45) is 0 Å². The minimum absolute atomic E-state index is 0.332. The number of nitrogens with zero attached hydrogens (tertiary/aromatic N) is 5. The summed E-state index contributed by atoms with van der Waals surface area (Å²) in [6, 6.07) is 19.0. The van der Waals surface area contributed by atoms with Gasteiger partial charge in [0.25, 0.3) is 0 Å². The summed E-state index contributed by atoms with van der Waals surface area (Å²) in [5.41, 5.74) is 5.41. The van der Waals surface area contributed by atoms with Crippen molar-refractivity contribution in [1.29, 1.82) is 0 Å². The number of sulfone groups is 1. The number of piperazine rings is 1. The Kier molecular flexibility index (Phi) is 16.1. The quantitative estimate of drug-likeness (QED) is 0.131. The van der Waals surface area contributed by atoms with E-state index in [0.29, 0.717) is 16.4 Å². The molecule has 5 aromatic rings. The number of anilines is 2. The van der Waals surface area contributed by atoms with E-state index in [1.165, 1.54) is 6.26 Å². The maximum absolute atomic E-state index is 12.0. The SMILES string of the molecule is COc1ccc(-c2n[nH]cc2-c2ccc3ncnc(N4CCN(c5cccc(S(C)(=O)=O)c5)CC4)c3c2)cc1OC.O=C(O)C(F)(F)F.O=C(O)C(F)(F)F.O=C(O)C(F)(F)F. The Hall–Kier alpha value is -6.86. The molecule has 0 radical (unpaired) electrons. The van der Waals surface area contributed by atoms with Crippen LogP contribution in [-0.4, -0.2) is 127 Å². The molecule has 0 aliphatic carbocycles. The van der Waals surface area contributed by atoms with E-state index in [9.17, 15) is 47.9 Å². The number of nitrogens with one attached hydrogen (secondary N) is 1. The zero-order valence-electron chi connectivity index (χ0n) is 32.0. The van der Waals surface area contributed by atoms with Gasteiger partial charge in [-0.15, -0.1) is 0 Å². The van der Waals surface area contributed by atoms with Gasteiger partial charge in [0.05, 0.1) is 30.3 Å². The van der Waals surface area contributed by atoms with E-state index in [0.717, 1.165) is 71.0 Å². The predicted octanol–water partition coefficient (Wildman–Crippen LogP) is 6.33. The fraction of sp³-hybridized carbons (Fsp3) is 0.278. The number of benzene rings is 3. The van der Waals surface area contributed by atoms with Crippen molar-refractivity contribution < 1.29 is 87.1 Å². The number of halogens is 9. The Bertz CT molecular complexity index is 2420. The van der Waals surface area contributed by atoms with Crippen molar-refractivity contribution in [3.05, 3.63) is 73.2 Å². The molecule has 4 N–H and O–H groups in total. The molecular formula is C36H33F9N6O10S. The lowest BCUT2D eigenvalue weighted by atomic mass is 10.00. The predicted molar refractivity (Wildman–Crippen MR) is 201 cm³/mol. The summed E-state index contributed by atoms with van der Waals surface area (Å²) in [5, 5.41) is 29.9. The van der Waals surface area contributed by atoms with Crippen molar-refractivity contribution in [2.75, 3.05) is 56.5 Å². The van der Waals surface area contributed by atoms with Crippen molar-refractivity contribution in [3.8, 4) is 33.9 Å². The standard InChI is InChI=1S/C30H30N6O4S.3C2HF3O2/c1-39-27-10-8-21(16-28(27)40-2)29-25(18-33-34-29)20-7-9-26-24(15-20)30(32-19-31-26)36-13-11-35(12-14-36)22-5-4-6-23(17-22)41(3,37)38;3*3-2(4,5)1(6)7/h4-10,15-19H,11-14H2,1-3H3,(H,33,34);3*(H,6,7). The van der Waals surface area contributed by atoms with E-state index in [4.69, 9.17) is 39.2 Å². The van der Waals surface area contributed by atoms with Crippen LogP contribution >= 0.6 is 0 Å². The number of aliphatic carboxylic acids is 3. The van der Waals surface area contributed by atoms with Crippen LogP contribution in [0.2, 0.25) is 0 Å². The third-order valence-electron chi connectivity index (χ3n) is 8.14. The van der Waals surface area contributed by atoms with Gasteiger partial charge in [0.2, 0.25) is 0 Å². The molecule has 0 amide bonds. The summed E-state index contributed by atoms with van der Waals surface area (Å²) in [6.07, 6.45) is -10.5. The number of H-pyrrole nitrogens is 1. The Labute approximate surface area is 344 Å². The van der Waals surface area contributed by atoms with Crippen LogP contribution in [-0.2, 0) is 24.2 Å². The molecule has 1 aliphatic rings. The lowest BCUT2D eigenvalue weighted by Gasteiger charge is -2.37. The van der Waals surface area contributed by atoms with Gasteiger partial charge in [0.1, 0.15) is 12.1 Å². The first-order chi connectivity index (χ1) is 28.7. The van der Waals surface area contributed by atoms with Crippen LogP contribution in [0.5, 0.6) is 11.5 Å². The molecule has 336 valence electrons. The third-order valence-corrected chi connectivity index (χ3v) is 9.25. The Morgan fingerprint density at radius 1 is 0.694 bits per heavy atom.